The van der Waals surface area contributed by atoms with Crippen LogP contribution in [0, 0.1) is 5.82 Å². The molecule has 0 saturated heterocycles. The summed E-state index contributed by atoms with van der Waals surface area (Å²) in [5, 5.41) is 2.68. The van der Waals surface area contributed by atoms with Crippen LogP contribution < -0.4 is 10.1 Å². The first-order chi connectivity index (χ1) is 13.5. The summed E-state index contributed by atoms with van der Waals surface area (Å²) >= 11 is 3.23. The van der Waals surface area contributed by atoms with Gasteiger partial charge in [-0.3, -0.25) is 9.59 Å². The second-order valence-electron chi connectivity index (χ2n) is 6.56. The Kier molecular flexibility index (Phi) is 6.67. The summed E-state index contributed by atoms with van der Waals surface area (Å²) in [6.07, 6.45) is 0.995. The molecule has 1 N–H and O–H groups in total. The lowest BCUT2D eigenvalue weighted by Crippen LogP contribution is -2.38. The van der Waals surface area contributed by atoms with E-state index in [2.05, 4.69) is 27.3 Å². The molecular weight excluding hydrogens is 427 g/mol. The quantitative estimate of drug-likeness (QED) is 0.732. The van der Waals surface area contributed by atoms with Gasteiger partial charge in [-0.1, -0.05) is 6.07 Å². The molecule has 5 nitrogen and oxygen atoms in total. The summed E-state index contributed by atoms with van der Waals surface area (Å²) < 4.78 is 19.4. The number of benzene rings is 2. The number of ether oxygens (including phenoxy) is 1. The topological polar surface area (TPSA) is 58.6 Å². The molecule has 2 aromatic rings. The number of halogens is 2. The lowest BCUT2D eigenvalue weighted by Gasteiger charge is -2.29. The zero-order valence-electron chi connectivity index (χ0n) is 15.6. The Morgan fingerprint density at radius 3 is 2.82 bits per heavy atom. The molecule has 1 aliphatic rings. The van der Waals surface area contributed by atoms with Crippen molar-refractivity contribution in [2.75, 3.05) is 19.7 Å². The van der Waals surface area contributed by atoms with Crippen molar-refractivity contribution in [3.63, 3.8) is 0 Å². The minimum absolute atomic E-state index is 0.0222. The first kappa shape index (κ1) is 20.3. The van der Waals surface area contributed by atoms with Crippen molar-refractivity contribution in [2.24, 2.45) is 0 Å². The predicted molar refractivity (Wildman–Crippen MR) is 108 cm³/mol. The van der Waals surface area contributed by atoms with Gasteiger partial charge in [-0.2, -0.15) is 0 Å². The van der Waals surface area contributed by atoms with Crippen molar-refractivity contribution < 1.29 is 18.7 Å². The van der Waals surface area contributed by atoms with E-state index in [0.29, 0.717) is 24.2 Å². The van der Waals surface area contributed by atoms with Crippen LogP contribution in [0.3, 0.4) is 0 Å². The zero-order chi connectivity index (χ0) is 20.1. The van der Waals surface area contributed by atoms with E-state index in [-0.39, 0.29) is 24.4 Å². The van der Waals surface area contributed by atoms with E-state index in [1.807, 2.05) is 19.1 Å². The fourth-order valence-electron chi connectivity index (χ4n) is 3.21. The van der Waals surface area contributed by atoms with E-state index in [1.54, 1.807) is 4.90 Å². The Hall–Kier alpha value is -2.41. The summed E-state index contributed by atoms with van der Waals surface area (Å²) in [6, 6.07) is 9.92. The van der Waals surface area contributed by atoms with E-state index in [1.165, 1.54) is 23.8 Å². The monoisotopic (exact) mass is 448 g/mol. The number of hydrogen-bond donors (Lipinski definition) is 1. The SMILES string of the molecule is CCOc1ccc2c(c1)CN(C(=O)CCNC(=O)c1cc(F)ccc1Br)CC2. The van der Waals surface area contributed by atoms with Gasteiger partial charge in [0.2, 0.25) is 5.91 Å². The second-order valence-corrected chi connectivity index (χ2v) is 7.41. The van der Waals surface area contributed by atoms with Crippen LogP contribution in [0.1, 0.15) is 34.8 Å². The number of hydrogen-bond acceptors (Lipinski definition) is 3. The Labute approximate surface area is 172 Å². The smallest absolute Gasteiger partial charge is 0.252 e. The molecule has 0 spiro atoms. The van der Waals surface area contributed by atoms with Crippen LogP contribution in [0.25, 0.3) is 0 Å². The predicted octanol–water partition coefficient (Wildman–Crippen LogP) is 3.69. The normalized spacial score (nSPS) is 13.0. The minimum Gasteiger partial charge on any atom is -0.494 e. The molecule has 1 heterocycles. The first-order valence-corrected chi connectivity index (χ1v) is 10.0. The average molecular weight is 449 g/mol. The van der Waals surface area contributed by atoms with E-state index in [0.717, 1.165) is 17.7 Å². The number of nitrogens with one attached hydrogen (secondary N) is 1. The Morgan fingerprint density at radius 1 is 1.21 bits per heavy atom. The van der Waals surface area contributed by atoms with Crippen LogP contribution in [0.15, 0.2) is 40.9 Å². The molecule has 0 aliphatic carbocycles. The van der Waals surface area contributed by atoms with Crippen LogP contribution in [0.4, 0.5) is 4.39 Å². The number of nitrogens with zero attached hydrogens (tertiary/aromatic N) is 1. The van der Waals surface area contributed by atoms with Crippen molar-refractivity contribution >= 4 is 27.7 Å². The maximum absolute atomic E-state index is 13.3. The molecule has 0 unspecified atom stereocenters. The van der Waals surface area contributed by atoms with E-state index in [4.69, 9.17) is 4.74 Å². The fourth-order valence-corrected chi connectivity index (χ4v) is 3.64. The molecule has 148 valence electrons. The first-order valence-electron chi connectivity index (χ1n) is 9.23. The molecule has 0 atom stereocenters. The summed E-state index contributed by atoms with van der Waals surface area (Å²) in [5.41, 5.74) is 2.54. The van der Waals surface area contributed by atoms with Crippen molar-refractivity contribution in [1.29, 1.82) is 0 Å². The molecule has 28 heavy (non-hydrogen) atoms. The Bertz CT molecular complexity index is 888. The maximum Gasteiger partial charge on any atom is 0.252 e. The summed E-state index contributed by atoms with van der Waals surface area (Å²) in [4.78, 5) is 26.5. The van der Waals surface area contributed by atoms with Gasteiger partial charge >= 0.3 is 0 Å². The lowest BCUT2D eigenvalue weighted by molar-refractivity contribution is -0.131. The molecule has 2 aromatic carbocycles. The molecule has 0 aromatic heterocycles. The van der Waals surface area contributed by atoms with Crippen molar-refractivity contribution in [1.82, 2.24) is 10.2 Å². The van der Waals surface area contributed by atoms with Gasteiger partial charge < -0.3 is 15.0 Å². The molecule has 7 heteroatoms. The van der Waals surface area contributed by atoms with Gasteiger partial charge in [0.1, 0.15) is 11.6 Å². The molecule has 0 bridgehead atoms. The highest BCUT2D eigenvalue weighted by atomic mass is 79.9. The summed E-state index contributed by atoms with van der Waals surface area (Å²) in [5.74, 6) is -0.109. The van der Waals surface area contributed by atoms with Crippen LogP contribution in [0.5, 0.6) is 5.75 Å². The van der Waals surface area contributed by atoms with Gasteiger partial charge in [-0.15, -0.1) is 0 Å². The highest BCUT2D eigenvalue weighted by Gasteiger charge is 2.21. The number of fused-ring (bicyclic) bond motifs is 1. The molecule has 0 fully saturated rings. The Balaban J connectivity index is 1.53. The van der Waals surface area contributed by atoms with Gasteiger partial charge in [0.15, 0.2) is 0 Å². The van der Waals surface area contributed by atoms with Crippen molar-refractivity contribution in [3.05, 3.63) is 63.4 Å². The molecular formula is C21H22BrFN2O3. The van der Waals surface area contributed by atoms with E-state index < -0.39 is 11.7 Å². The van der Waals surface area contributed by atoms with Crippen LogP contribution in [-0.2, 0) is 17.8 Å². The molecule has 1 aliphatic heterocycles. The molecule has 2 amide bonds. The number of carbonyl (C=O) groups is 2. The summed E-state index contributed by atoms with van der Waals surface area (Å²) in [6.45, 7) is 3.93. The maximum atomic E-state index is 13.3. The third-order valence-corrected chi connectivity index (χ3v) is 5.34. The Morgan fingerprint density at radius 2 is 2.04 bits per heavy atom. The summed E-state index contributed by atoms with van der Waals surface area (Å²) in [7, 11) is 0. The fraction of sp³-hybridized carbons (Fsp3) is 0.333. The van der Waals surface area contributed by atoms with Crippen LogP contribution in [-0.4, -0.2) is 36.4 Å². The minimum atomic E-state index is -0.483. The highest BCUT2D eigenvalue weighted by Crippen LogP contribution is 2.24. The molecule has 0 radical (unpaired) electrons. The zero-order valence-corrected chi connectivity index (χ0v) is 17.2. The molecule has 3 rings (SSSR count). The van der Waals surface area contributed by atoms with Gasteiger partial charge in [-0.05, 0) is 70.7 Å². The second kappa shape index (κ2) is 9.19. The third kappa shape index (κ3) is 4.90. The van der Waals surface area contributed by atoms with Crippen LogP contribution >= 0.6 is 15.9 Å². The third-order valence-electron chi connectivity index (χ3n) is 4.65. The lowest BCUT2D eigenvalue weighted by atomic mass is 9.99. The average Bonchev–Trinajstić information content (AvgIpc) is 2.69. The van der Waals surface area contributed by atoms with Gasteiger partial charge in [0, 0.05) is 30.5 Å². The standard InChI is InChI=1S/C21H22BrFN2O3/c1-2-28-17-5-3-14-8-10-25(13-15(14)11-17)20(26)7-9-24-21(27)18-12-16(23)4-6-19(18)22/h3-6,11-12H,2,7-10,13H2,1H3,(H,24,27). The van der Waals surface area contributed by atoms with Crippen molar-refractivity contribution in [3.8, 4) is 5.75 Å². The van der Waals surface area contributed by atoms with E-state index in [9.17, 15) is 14.0 Å². The van der Waals surface area contributed by atoms with Gasteiger partial charge in [-0.25, -0.2) is 4.39 Å². The van der Waals surface area contributed by atoms with E-state index >= 15 is 0 Å². The molecule has 0 saturated carbocycles. The van der Waals surface area contributed by atoms with Gasteiger partial charge in [0.05, 0.1) is 12.2 Å². The number of amides is 2. The van der Waals surface area contributed by atoms with Crippen LogP contribution in [0.2, 0.25) is 0 Å². The number of carbonyl (C=O) groups excluding carboxylic acids is 2. The number of rotatable bonds is 6. The van der Waals surface area contributed by atoms with Crippen molar-refractivity contribution in [2.45, 2.75) is 26.3 Å². The van der Waals surface area contributed by atoms with Gasteiger partial charge in [0.25, 0.3) is 5.91 Å². The highest BCUT2D eigenvalue weighted by molar-refractivity contribution is 9.10. The largest absolute Gasteiger partial charge is 0.494 e.